The van der Waals surface area contributed by atoms with Gasteiger partial charge in [-0.15, -0.1) is 11.8 Å². The molecule has 5 nitrogen and oxygen atoms in total. The van der Waals surface area contributed by atoms with Gasteiger partial charge in [0.1, 0.15) is 11.1 Å². The van der Waals surface area contributed by atoms with Gasteiger partial charge in [-0.3, -0.25) is 9.59 Å². The third-order valence-corrected chi connectivity index (χ3v) is 6.83. The molecule has 0 unspecified atom stereocenters. The van der Waals surface area contributed by atoms with Crippen LogP contribution in [0.2, 0.25) is 0 Å². The highest BCUT2D eigenvalue weighted by Gasteiger charge is 2.17. The lowest BCUT2D eigenvalue weighted by Gasteiger charge is -2.12. The zero-order chi connectivity index (χ0) is 25.3. The van der Waals surface area contributed by atoms with E-state index in [0.29, 0.717) is 21.9 Å². The van der Waals surface area contributed by atoms with Crippen LogP contribution in [0.1, 0.15) is 22.3 Å². The second-order valence-electron chi connectivity index (χ2n) is 7.77. The topological polar surface area (TPSA) is 80.1 Å². The molecule has 0 aliphatic heterocycles. The maximum atomic E-state index is 12.3. The number of rotatable bonds is 9. The van der Waals surface area contributed by atoms with Gasteiger partial charge in [0, 0.05) is 26.9 Å². The van der Waals surface area contributed by atoms with E-state index in [1.807, 2.05) is 66.7 Å². The lowest BCUT2D eigenvalue weighted by molar-refractivity contribution is -0.141. The summed E-state index contributed by atoms with van der Waals surface area (Å²) < 4.78 is 6.04. The first-order valence-electron chi connectivity index (χ1n) is 11.2. The second-order valence-corrected chi connectivity index (χ2v) is 9.77. The average Bonchev–Trinajstić information content (AvgIpc) is 2.92. The van der Waals surface area contributed by atoms with Crippen LogP contribution in [0.3, 0.4) is 0 Å². The van der Waals surface area contributed by atoms with E-state index in [9.17, 15) is 14.9 Å². The number of pyridine rings is 1. The molecule has 0 spiro atoms. The molecule has 0 aliphatic rings. The van der Waals surface area contributed by atoms with Gasteiger partial charge in [0.2, 0.25) is 0 Å². The summed E-state index contributed by atoms with van der Waals surface area (Å²) in [6.07, 6.45) is 0.0844. The molecule has 0 fully saturated rings. The maximum Gasteiger partial charge on any atom is 0.307 e. The molecule has 4 aromatic rings. The fourth-order valence-corrected chi connectivity index (χ4v) is 4.69. The molecule has 0 saturated carbocycles. The molecule has 7 heteroatoms. The number of aromatic nitrogens is 1. The number of carbonyl (C=O) groups is 2. The average molecular weight is 557 g/mol. The van der Waals surface area contributed by atoms with Gasteiger partial charge in [-0.05, 0) is 23.8 Å². The lowest BCUT2D eigenvalue weighted by atomic mass is 9.99. The molecule has 1 heterocycles. The normalized spacial score (nSPS) is 10.4. The summed E-state index contributed by atoms with van der Waals surface area (Å²) >= 11 is 4.65. The Balaban J connectivity index is 1.47. The van der Waals surface area contributed by atoms with Crippen molar-refractivity contribution in [2.24, 2.45) is 0 Å². The number of nitrogens with zero attached hydrogens (tertiary/aromatic N) is 2. The van der Waals surface area contributed by atoms with E-state index in [4.69, 9.17) is 9.72 Å². The first kappa shape index (κ1) is 25.4. The number of carbonyl (C=O) groups excluding carboxylic acids is 2. The Hall–Kier alpha value is -3.73. The largest absolute Gasteiger partial charge is 0.457 e. The van der Waals surface area contributed by atoms with Crippen molar-refractivity contribution < 1.29 is 14.3 Å². The van der Waals surface area contributed by atoms with Gasteiger partial charge in [-0.1, -0.05) is 88.7 Å². The van der Waals surface area contributed by atoms with E-state index in [1.54, 1.807) is 24.3 Å². The Labute approximate surface area is 222 Å². The number of benzene rings is 3. The minimum Gasteiger partial charge on any atom is -0.457 e. The van der Waals surface area contributed by atoms with Gasteiger partial charge >= 0.3 is 5.97 Å². The van der Waals surface area contributed by atoms with Crippen LogP contribution in [0, 0.1) is 11.3 Å². The van der Waals surface area contributed by atoms with Crippen molar-refractivity contribution in [1.29, 1.82) is 5.26 Å². The van der Waals surface area contributed by atoms with Crippen LogP contribution < -0.4 is 0 Å². The van der Waals surface area contributed by atoms with Crippen LogP contribution in [0.15, 0.2) is 100 Å². The van der Waals surface area contributed by atoms with Crippen molar-refractivity contribution in [3.63, 3.8) is 0 Å². The number of hydrogen-bond acceptors (Lipinski definition) is 6. The van der Waals surface area contributed by atoms with Crippen molar-refractivity contribution in [1.82, 2.24) is 4.98 Å². The molecule has 0 amide bonds. The molecule has 0 saturated heterocycles. The van der Waals surface area contributed by atoms with Crippen molar-refractivity contribution in [3.8, 4) is 28.5 Å². The van der Waals surface area contributed by atoms with Gasteiger partial charge < -0.3 is 4.74 Å². The van der Waals surface area contributed by atoms with Crippen molar-refractivity contribution in [3.05, 3.63) is 107 Å². The van der Waals surface area contributed by atoms with Gasteiger partial charge in [0.15, 0.2) is 12.4 Å². The minimum atomic E-state index is -0.478. The highest BCUT2D eigenvalue weighted by molar-refractivity contribution is 9.10. The van der Waals surface area contributed by atoms with Crippen LogP contribution >= 0.6 is 27.7 Å². The molecule has 178 valence electrons. The Morgan fingerprint density at radius 1 is 0.917 bits per heavy atom. The number of ketones is 1. The molecule has 36 heavy (non-hydrogen) atoms. The monoisotopic (exact) mass is 556 g/mol. The Kier molecular flexibility index (Phi) is 8.66. The Morgan fingerprint density at radius 3 is 2.19 bits per heavy atom. The van der Waals surface area contributed by atoms with E-state index in [-0.39, 0.29) is 18.8 Å². The predicted molar refractivity (Wildman–Crippen MR) is 145 cm³/mol. The quantitative estimate of drug-likeness (QED) is 0.126. The number of Topliss-reactive ketones (excluding diaryl/α,β-unsaturated/α-hetero) is 1. The van der Waals surface area contributed by atoms with Gasteiger partial charge in [-0.2, -0.15) is 5.26 Å². The highest BCUT2D eigenvalue weighted by Crippen LogP contribution is 2.34. The molecule has 0 N–H and O–H groups in total. The molecule has 0 atom stereocenters. The third-order valence-electron chi connectivity index (χ3n) is 5.33. The molecule has 0 aliphatic carbocycles. The Bertz CT molecular complexity index is 1400. The molecule has 0 bridgehead atoms. The fraction of sp³-hybridized carbons (Fsp3) is 0.103. The van der Waals surface area contributed by atoms with Crippen LogP contribution in [0.25, 0.3) is 22.4 Å². The number of esters is 1. The van der Waals surface area contributed by atoms with Crippen LogP contribution in [0.5, 0.6) is 0 Å². The van der Waals surface area contributed by atoms with Gasteiger partial charge in [0.05, 0.1) is 17.7 Å². The van der Waals surface area contributed by atoms with E-state index in [2.05, 4.69) is 22.0 Å². The van der Waals surface area contributed by atoms with E-state index >= 15 is 0 Å². The lowest BCUT2D eigenvalue weighted by Crippen LogP contribution is -2.14. The summed E-state index contributed by atoms with van der Waals surface area (Å²) in [5, 5.41) is 10.5. The van der Waals surface area contributed by atoms with Gasteiger partial charge in [-0.25, -0.2) is 4.98 Å². The summed E-state index contributed by atoms with van der Waals surface area (Å²) in [5.41, 5.74) is 4.34. The molecule has 4 rings (SSSR count). The van der Waals surface area contributed by atoms with E-state index < -0.39 is 5.97 Å². The molecule has 1 aromatic heterocycles. The van der Waals surface area contributed by atoms with Gasteiger partial charge in [0.25, 0.3) is 0 Å². The number of thioether (sulfide) groups is 1. The minimum absolute atomic E-state index is 0.0844. The maximum absolute atomic E-state index is 12.3. The molecular formula is C29H21BrN2O3S. The smallest absolute Gasteiger partial charge is 0.307 e. The molecular weight excluding hydrogens is 536 g/mol. The summed E-state index contributed by atoms with van der Waals surface area (Å²) in [7, 11) is 0. The highest BCUT2D eigenvalue weighted by atomic mass is 79.9. The summed E-state index contributed by atoms with van der Waals surface area (Å²) in [5.74, 6) is -0.381. The summed E-state index contributed by atoms with van der Waals surface area (Å²) in [4.78, 5) is 29.3. The number of hydrogen-bond donors (Lipinski definition) is 0. The standard InChI is InChI=1S/C29H21BrN2O3S/c30-23-13-11-22(12-14-23)27(33)19-35-28(34)15-16-36-29-25(18-31)24(20-7-3-1-4-8-20)17-26(32-29)21-9-5-2-6-10-21/h1-14,17H,15-16,19H2. The predicted octanol–water partition coefficient (Wildman–Crippen LogP) is 6.96. The zero-order valence-electron chi connectivity index (χ0n) is 19.2. The van der Waals surface area contributed by atoms with Crippen LogP contribution in [-0.4, -0.2) is 29.1 Å². The van der Waals surface area contributed by atoms with E-state index in [0.717, 1.165) is 26.9 Å². The summed E-state index contributed by atoms with van der Waals surface area (Å²) in [6, 6.07) is 30.6. The van der Waals surface area contributed by atoms with Crippen LogP contribution in [-0.2, 0) is 9.53 Å². The third kappa shape index (κ3) is 6.48. The number of nitriles is 1. The fourth-order valence-electron chi connectivity index (χ4n) is 3.50. The number of halogens is 1. The van der Waals surface area contributed by atoms with E-state index in [1.165, 1.54) is 11.8 Å². The molecule has 3 aromatic carbocycles. The Morgan fingerprint density at radius 2 is 1.56 bits per heavy atom. The number of ether oxygens (including phenoxy) is 1. The molecule has 0 radical (unpaired) electrons. The SMILES string of the molecule is N#Cc1c(-c2ccccc2)cc(-c2ccccc2)nc1SCCC(=O)OCC(=O)c1ccc(Br)cc1. The second kappa shape index (κ2) is 12.3. The van der Waals surface area contributed by atoms with Crippen molar-refractivity contribution in [2.75, 3.05) is 12.4 Å². The first-order chi connectivity index (χ1) is 17.5. The van der Waals surface area contributed by atoms with Crippen molar-refractivity contribution >= 4 is 39.4 Å². The zero-order valence-corrected chi connectivity index (χ0v) is 21.6. The van der Waals surface area contributed by atoms with Crippen molar-refractivity contribution in [2.45, 2.75) is 11.4 Å². The first-order valence-corrected chi connectivity index (χ1v) is 13.0. The van der Waals surface area contributed by atoms with Crippen LogP contribution in [0.4, 0.5) is 0 Å². The summed E-state index contributed by atoms with van der Waals surface area (Å²) in [6.45, 7) is -0.311.